The highest BCUT2D eigenvalue weighted by atomic mass is 16.3. The van der Waals surface area contributed by atoms with Crippen LogP contribution in [-0.2, 0) is 0 Å². The molecule has 2 rings (SSSR count). The topological polar surface area (TPSA) is 54.7 Å². The van der Waals surface area contributed by atoms with Gasteiger partial charge < -0.3 is 9.40 Å². The number of hydrogen-bond acceptors (Lipinski definition) is 3. The highest BCUT2D eigenvalue weighted by Gasteiger charge is 2.02. The van der Waals surface area contributed by atoms with Gasteiger partial charge in [-0.3, -0.25) is 0 Å². The second-order valence-corrected chi connectivity index (χ2v) is 2.22. The summed E-state index contributed by atoms with van der Waals surface area (Å²) in [6.07, 6.45) is 4.92. The van der Waals surface area contributed by atoms with Gasteiger partial charge in [-0.1, -0.05) is 0 Å². The largest absolute Gasteiger partial charge is 0.449 e. The number of oxazole rings is 1. The Morgan fingerprint density at radius 3 is 3.00 bits per heavy atom. The Morgan fingerprint density at radius 1 is 1.55 bits per heavy atom. The first-order valence-corrected chi connectivity index (χ1v) is 3.27. The minimum absolute atomic E-state index is 0.662. The summed E-state index contributed by atoms with van der Waals surface area (Å²) in [6, 6.07) is 0. The molecule has 2 aromatic rings. The van der Waals surface area contributed by atoms with E-state index in [1.807, 2.05) is 0 Å². The number of imidazole rings is 1. The van der Waals surface area contributed by atoms with E-state index in [0.29, 0.717) is 5.89 Å². The molecular weight excluding hydrogens is 142 g/mol. The number of nitrogens with one attached hydrogen (secondary N) is 1. The Bertz CT molecular complexity index is 336. The SMILES string of the molecule is Cc1nc(-c2cnc[nH]2)co1. The lowest BCUT2D eigenvalue weighted by atomic mass is 10.4. The molecule has 0 bridgehead atoms. The lowest BCUT2D eigenvalue weighted by molar-refractivity contribution is 0.521. The van der Waals surface area contributed by atoms with Crippen LogP contribution in [0, 0.1) is 6.92 Å². The van der Waals surface area contributed by atoms with Crippen molar-refractivity contribution >= 4 is 0 Å². The van der Waals surface area contributed by atoms with Gasteiger partial charge in [0.2, 0.25) is 0 Å². The summed E-state index contributed by atoms with van der Waals surface area (Å²) in [7, 11) is 0. The number of H-pyrrole nitrogens is 1. The van der Waals surface area contributed by atoms with Crippen LogP contribution in [0.15, 0.2) is 23.2 Å². The van der Waals surface area contributed by atoms with Crippen molar-refractivity contribution in [2.45, 2.75) is 6.92 Å². The van der Waals surface area contributed by atoms with Crippen LogP contribution >= 0.6 is 0 Å². The van der Waals surface area contributed by atoms with E-state index in [0.717, 1.165) is 11.4 Å². The molecule has 56 valence electrons. The van der Waals surface area contributed by atoms with Crippen molar-refractivity contribution in [1.29, 1.82) is 0 Å². The summed E-state index contributed by atoms with van der Waals surface area (Å²) in [5, 5.41) is 0. The molecule has 0 aliphatic rings. The highest BCUT2D eigenvalue weighted by Crippen LogP contribution is 2.13. The monoisotopic (exact) mass is 149 g/mol. The summed E-state index contributed by atoms with van der Waals surface area (Å²) in [5.41, 5.74) is 1.67. The van der Waals surface area contributed by atoms with Crippen molar-refractivity contribution < 1.29 is 4.42 Å². The maximum atomic E-state index is 5.03. The van der Waals surface area contributed by atoms with Crippen LogP contribution < -0.4 is 0 Å². The molecule has 2 aromatic heterocycles. The van der Waals surface area contributed by atoms with Gasteiger partial charge in [0, 0.05) is 6.92 Å². The van der Waals surface area contributed by atoms with Crippen molar-refractivity contribution in [1.82, 2.24) is 15.0 Å². The number of rotatable bonds is 1. The molecule has 4 nitrogen and oxygen atoms in total. The molecule has 0 atom stereocenters. The predicted octanol–water partition coefficient (Wildman–Crippen LogP) is 1.37. The molecule has 0 saturated carbocycles. The van der Waals surface area contributed by atoms with Crippen LogP contribution in [0.25, 0.3) is 11.4 Å². The van der Waals surface area contributed by atoms with Crippen molar-refractivity contribution in [3.63, 3.8) is 0 Å². The average Bonchev–Trinajstić information content (AvgIpc) is 2.55. The van der Waals surface area contributed by atoms with E-state index in [1.165, 1.54) is 0 Å². The Kier molecular flexibility index (Phi) is 1.25. The zero-order valence-electron chi connectivity index (χ0n) is 6.03. The van der Waals surface area contributed by atoms with Gasteiger partial charge >= 0.3 is 0 Å². The standard InChI is InChI=1S/C7H7N3O/c1-5-10-7(3-11-5)6-2-8-4-9-6/h2-4H,1H3,(H,8,9). The van der Waals surface area contributed by atoms with Crippen molar-refractivity contribution in [3.05, 3.63) is 24.7 Å². The fourth-order valence-corrected chi connectivity index (χ4v) is 0.883. The van der Waals surface area contributed by atoms with Crippen LogP contribution in [-0.4, -0.2) is 15.0 Å². The maximum absolute atomic E-state index is 5.03. The Hall–Kier alpha value is -1.58. The average molecular weight is 149 g/mol. The molecule has 1 N–H and O–H groups in total. The van der Waals surface area contributed by atoms with E-state index in [9.17, 15) is 0 Å². The van der Waals surface area contributed by atoms with Crippen molar-refractivity contribution in [3.8, 4) is 11.4 Å². The number of aromatic amines is 1. The molecule has 0 saturated heterocycles. The van der Waals surface area contributed by atoms with E-state index in [4.69, 9.17) is 4.42 Å². The summed E-state index contributed by atoms with van der Waals surface area (Å²) in [5.74, 6) is 0.662. The van der Waals surface area contributed by atoms with Crippen LogP contribution in [0.2, 0.25) is 0 Å². The Balaban J connectivity index is 2.45. The third kappa shape index (κ3) is 1.02. The van der Waals surface area contributed by atoms with E-state index in [1.54, 1.807) is 25.7 Å². The summed E-state index contributed by atoms with van der Waals surface area (Å²) < 4.78 is 5.03. The zero-order chi connectivity index (χ0) is 7.68. The summed E-state index contributed by atoms with van der Waals surface area (Å²) in [6.45, 7) is 1.81. The minimum Gasteiger partial charge on any atom is -0.449 e. The van der Waals surface area contributed by atoms with E-state index < -0.39 is 0 Å². The predicted molar refractivity (Wildman–Crippen MR) is 38.8 cm³/mol. The molecule has 0 spiro atoms. The second-order valence-electron chi connectivity index (χ2n) is 2.22. The summed E-state index contributed by atoms with van der Waals surface area (Å²) >= 11 is 0. The lowest BCUT2D eigenvalue weighted by Crippen LogP contribution is -1.75. The molecule has 2 heterocycles. The highest BCUT2D eigenvalue weighted by molar-refractivity contribution is 5.50. The van der Waals surface area contributed by atoms with Gasteiger partial charge in [-0.15, -0.1) is 0 Å². The zero-order valence-corrected chi connectivity index (χ0v) is 6.03. The molecule has 0 fully saturated rings. The third-order valence-corrected chi connectivity index (χ3v) is 1.39. The molecular formula is C7H7N3O. The third-order valence-electron chi connectivity index (χ3n) is 1.39. The molecule has 0 aliphatic heterocycles. The van der Waals surface area contributed by atoms with Gasteiger partial charge in [0.1, 0.15) is 12.0 Å². The van der Waals surface area contributed by atoms with E-state index >= 15 is 0 Å². The minimum atomic E-state index is 0.662. The molecule has 0 amide bonds. The van der Waals surface area contributed by atoms with Crippen LogP contribution in [0.3, 0.4) is 0 Å². The van der Waals surface area contributed by atoms with Gasteiger partial charge in [-0.2, -0.15) is 0 Å². The molecule has 11 heavy (non-hydrogen) atoms. The Morgan fingerprint density at radius 2 is 2.45 bits per heavy atom. The number of hydrogen-bond donors (Lipinski definition) is 1. The quantitative estimate of drug-likeness (QED) is 0.666. The first kappa shape index (κ1) is 6.15. The smallest absolute Gasteiger partial charge is 0.191 e. The van der Waals surface area contributed by atoms with Crippen LogP contribution in [0.1, 0.15) is 5.89 Å². The number of aryl methyl sites for hydroxylation is 1. The fraction of sp³-hybridized carbons (Fsp3) is 0.143. The first-order valence-electron chi connectivity index (χ1n) is 3.27. The van der Waals surface area contributed by atoms with Gasteiger partial charge in [-0.05, 0) is 0 Å². The van der Waals surface area contributed by atoms with E-state index in [2.05, 4.69) is 15.0 Å². The molecule has 4 heteroatoms. The van der Waals surface area contributed by atoms with Crippen molar-refractivity contribution in [2.24, 2.45) is 0 Å². The first-order chi connectivity index (χ1) is 5.36. The maximum Gasteiger partial charge on any atom is 0.191 e. The second kappa shape index (κ2) is 2.23. The Labute approximate surface area is 63.3 Å². The molecule has 0 radical (unpaired) electrons. The summed E-state index contributed by atoms with van der Waals surface area (Å²) in [4.78, 5) is 10.9. The molecule has 0 unspecified atom stereocenters. The van der Waals surface area contributed by atoms with Gasteiger partial charge in [-0.25, -0.2) is 9.97 Å². The molecule has 0 aliphatic carbocycles. The lowest BCUT2D eigenvalue weighted by Gasteiger charge is -1.83. The fourth-order valence-electron chi connectivity index (χ4n) is 0.883. The van der Waals surface area contributed by atoms with Crippen LogP contribution in [0.5, 0.6) is 0 Å². The van der Waals surface area contributed by atoms with Crippen LogP contribution in [0.4, 0.5) is 0 Å². The number of aromatic nitrogens is 3. The normalized spacial score (nSPS) is 10.3. The van der Waals surface area contributed by atoms with Gasteiger partial charge in [0.15, 0.2) is 5.89 Å². The molecule has 0 aromatic carbocycles. The van der Waals surface area contributed by atoms with Gasteiger partial charge in [0.25, 0.3) is 0 Å². The van der Waals surface area contributed by atoms with E-state index in [-0.39, 0.29) is 0 Å². The van der Waals surface area contributed by atoms with Crippen molar-refractivity contribution in [2.75, 3.05) is 0 Å². The van der Waals surface area contributed by atoms with Gasteiger partial charge in [0.05, 0.1) is 18.2 Å². The number of nitrogens with zero attached hydrogens (tertiary/aromatic N) is 2.